The van der Waals surface area contributed by atoms with E-state index >= 15 is 0 Å². The third-order valence-electron chi connectivity index (χ3n) is 3.89. The molecule has 28 heavy (non-hydrogen) atoms. The lowest BCUT2D eigenvalue weighted by Gasteiger charge is -2.11. The van der Waals surface area contributed by atoms with E-state index in [1.54, 1.807) is 36.5 Å². The molecule has 5 N–H and O–H groups in total. The van der Waals surface area contributed by atoms with E-state index in [1.807, 2.05) is 0 Å². The number of nitrogens with two attached hydrogens (primary N) is 1. The standard InChI is InChI=1S/C19H15F3N4O2/c20-19(21,22)12-2-1-3-14(10-12)26-18(28)25-13-6-4-11(5-7-13)15-8-9-24-16(15)17(23)27/h1-10,24H,(H2,23,27)(H2,25,26,28). The fourth-order valence-corrected chi connectivity index (χ4v) is 2.61. The number of anilines is 2. The van der Waals surface area contributed by atoms with Gasteiger partial charge in [-0.25, -0.2) is 4.79 Å². The fraction of sp³-hybridized carbons (Fsp3) is 0.0526. The van der Waals surface area contributed by atoms with E-state index in [0.29, 0.717) is 16.8 Å². The number of alkyl halides is 3. The zero-order valence-corrected chi connectivity index (χ0v) is 14.3. The molecule has 0 aliphatic carbocycles. The molecule has 0 unspecified atom stereocenters. The molecule has 9 heteroatoms. The molecule has 0 aliphatic heterocycles. The van der Waals surface area contributed by atoms with Crippen LogP contribution in [0.25, 0.3) is 11.1 Å². The zero-order valence-electron chi connectivity index (χ0n) is 14.3. The maximum atomic E-state index is 12.7. The molecule has 3 aromatic rings. The SMILES string of the molecule is NC(=O)c1[nH]ccc1-c1ccc(NC(=O)Nc2cccc(C(F)(F)F)c2)cc1. The molecule has 0 atom stereocenters. The molecule has 144 valence electrons. The second kappa shape index (κ2) is 7.47. The third kappa shape index (κ3) is 4.32. The number of primary amides is 1. The maximum absolute atomic E-state index is 12.7. The van der Waals surface area contributed by atoms with Gasteiger partial charge in [-0.3, -0.25) is 4.79 Å². The van der Waals surface area contributed by atoms with Crippen LogP contribution in [0.2, 0.25) is 0 Å². The van der Waals surface area contributed by atoms with Gasteiger partial charge in [-0.1, -0.05) is 18.2 Å². The number of benzene rings is 2. The highest BCUT2D eigenvalue weighted by molar-refractivity contribution is 6.00. The smallest absolute Gasteiger partial charge is 0.364 e. The average molecular weight is 388 g/mol. The summed E-state index contributed by atoms with van der Waals surface area (Å²) in [5.74, 6) is -0.595. The Labute approximate surface area is 157 Å². The summed E-state index contributed by atoms with van der Waals surface area (Å²) in [5.41, 5.74) is 6.47. The normalized spacial score (nSPS) is 11.1. The van der Waals surface area contributed by atoms with Gasteiger partial charge in [0.2, 0.25) is 0 Å². The summed E-state index contributed by atoms with van der Waals surface area (Å²) in [5, 5.41) is 4.88. The molecule has 1 aromatic heterocycles. The van der Waals surface area contributed by atoms with E-state index in [2.05, 4.69) is 15.6 Å². The first-order valence-corrected chi connectivity index (χ1v) is 8.07. The molecule has 1 heterocycles. The van der Waals surface area contributed by atoms with Crippen LogP contribution in [-0.4, -0.2) is 16.9 Å². The van der Waals surface area contributed by atoms with Crippen LogP contribution in [0.15, 0.2) is 60.8 Å². The van der Waals surface area contributed by atoms with Crippen LogP contribution in [0.4, 0.5) is 29.3 Å². The molecular formula is C19H15F3N4O2. The van der Waals surface area contributed by atoms with Gasteiger partial charge in [0, 0.05) is 23.1 Å². The van der Waals surface area contributed by atoms with E-state index in [-0.39, 0.29) is 11.4 Å². The van der Waals surface area contributed by atoms with Gasteiger partial charge in [0.1, 0.15) is 5.69 Å². The van der Waals surface area contributed by atoms with Crippen molar-refractivity contribution in [2.24, 2.45) is 5.73 Å². The summed E-state index contributed by atoms with van der Waals surface area (Å²) >= 11 is 0. The van der Waals surface area contributed by atoms with E-state index < -0.39 is 23.7 Å². The molecular weight excluding hydrogens is 373 g/mol. The Morgan fingerprint density at radius 1 is 0.929 bits per heavy atom. The van der Waals surface area contributed by atoms with Crippen molar-refractivity contribution in [2.75, 3.05) is 10.6 Å². The minimum Gasteiger partial charge on any atom is -0.364 e. The molecule has 3 rings (SSSR count). The van der Waals surface area contributed by atoms with Crippen molar-refractivity contribution in [3.8, 4) is 11.1 Å². The van der Waals surface area contributed by atoms with Gasteiger partial charge in [0.15, 0.2) is 0 Å². The quantitative estimate of drug-likeness (QED) is 0.531. The highest BCUT2D eigenvalue weighted by atomic mass is 19.4. The van der Waals surface area contributed by atoms with Crippen LogP contribution in [0.1, 0.15) is 16.1 Å². The molecule has 0 saturated carbocycles. The number of rotatable bonds is 4. The number of nitrogens with one attached hydrogen (secondary N) is 3. The zero-order chi connectivity index (χ0) is 20.3. The summed E-state index contributed by atoms with van der Waals surface area (Å²) in [6, 6.07) is 11.9. The Bertz CT molecular complexity index is 1010. The Morgan fingerprint density at radius 3 is 2.25 bits per heavy atom. The average Bonchev–Trinajstić information content (AvgIpc) is 3.12. The van der Waals surface area contributed by atoms with Gasteiger partial charge in [0.25, 0.3) is 5.91 Å². The predicted octanol–water partition coefficient (Wildman–Crippen LogP) is 4.44. The summed E-state index contributed by atoms with van der Waals surface area (Å²) < 4.78 is 38.2. The van der Waals surface area contributed by atoms with Gasteiger partial charge in [-0.15, -0.1) is 0 Å². The van der Waals surface area contributed by atoms with Crippen LogP contribution in [-0.2, 0) is 6.18 Å². The van der Waals surface area contributed by atoms with Crippen LogP contribution < -0.4 is 16.4 Å². The lowest BCUT2D eigenvalue weighted by molar-refractivity contribution is -0.137. The molecule has 0 saturated heterocycles. The van der Waals surface area contributed by atoms with Crippen molar-refractivity contribution < 1.29 is 22.8 Å². The van der Waals surface area contributed by atoms with Crippen LogP contribution >= 0.6 is 0 Å². The van der Waals surface area contributed by atoms with Gasteiger partial charge in [0.05, 0.1) is 5.56 Å². The Balaban J connectivity index is 1.68. The largest absolute Gasteiger partial charge is 0.416 e. The van der Waals surface area contributed by atoms with Crippen molar-refractivity contribution >= 4 is 23.3 Å². The number of aromatic nitrogens is 1. The second-order valence-electron chi connectivity index (χ2n) is 5.87. The van der Waals surface area contributed by atoms with E-state index in [9.17, 15) is 22.8 Å². The van der Waals surface area contributed by atoms with Gasteiger partial charge in [-0.2, -0.15) is 13.2 Å². The highest BCUT2D eigenvalue weighted by Crippen LogP contribution is 2.30. The first kappa shape index (κ1) is 19.0. The highest BCUT2D eigenvalue weighted by Gasteiger charge is 2.30. The van der Waals surface area contributed by atoms with E-state index in [0.717, 1.165) is 12.1 Å². The number of halogens is 3. The molecule has 0 fully saturated rings. The lowest BCUT2D eigenvalue weighted by atomic mass is 10.1. The van der Waals surface area contributed by atoms with Crippen LogP contribution in [0.3, 0.4) is 0 Å². The number of hydrogen-bond acceptors (Lipinski definition) is 2. The van der Waals surface area contributed by atoms with Crippen LogP contribution in [0.5, 0.6) is 0 Å². The molecule has 3 amide bonds. The number of H-pyrrole nitrogens is 1. The van der Waals surface area contributed by atoms with Crippen molar-refractivity contribution in [2.45, 2.75) is 6.18 Å². The first-order valence-electron chi connectivity index (χ1n) is 8.07. The minimum absolute atomic E-state index is 0.0161. The summed E-state index contributed by atoms with van der Waals surface area (Å²) in [7, 11) is 0. The monoisotopic (exact) mass is 388 g/mol. The van der Waals surface area contributed by atoms with Crippen LogP contribution in [0, 0.1) is 0 Å². The van der Waals surface area contributed by atoms with E-state index in [1.165, 1.54) is 12.1 Å². The molecule has 0 radical (unpaired) electrons. The molecule has 0 spiro atoms. The number of urea groups is 1. The van der Waals surface area contributed by atoms with Gasteiger partial charge in [-0.05, 0) is 42.0 Å². The molecule has 2 aromatic carbocycles. The van der Waals surface area contributed by atoms with Gasteiger partial charge < -0.3 is 21.4 Å². The Morgan fingerprint density at radius 2 is 1.61 bits per heavy atom. The first-order chi connectivity index (χ1) is 13.2. The van der Waals surface area contributed by atoms with Crippen molar-refractivity contribution in [3.05, 3.63) is 72.1 Å². The predicted molar refractivity (Wildman–Crippen MR) is 98.8 cm³/mol. The summed E-state index contributed by atoms with van der Waals surface area (Å²) in [4.78, 5) is 26.2. The second-order valence-corrected chi connectivity index (χ2v) is 5.87. The number of aromatic amines is 1. The topological polar surface area (TPSA) is 100 Å². The fourth-order valence-electron chi connectivity index (χ4n) is 2.61. The number of carbonyl (C=O) groups excluding carboxylic acids is 2. The number of hydrogen-bond donors (Lipinski definition) is 4. The lowest BCUT2D eigenvalue weighted by Crippen LogP contribution is -2.19. The molecule has 0 bridgehead atoms. The van der Waals surface area contributed by atoms with Crippen molar-refractivity contribution in [3.63, 3.8) is 0 Å². The number of carbonyl (C=O) groups is 2. The van der Waals surface area contributed by atoms with Gasteiger partial charge >= 0.3 is 12.2 Å². The Hall–Kier alpha value is -3.75. The van der Waals surface area contributed by atoms with Crippen molar-refractivity contribution in [1.82, 2.24) is 4.98 Å². The Kier molecular flexibility index (Phi) is 5.08. The number of amides is 3. The molecule has 6 nitrogen and oxygen atoms in total. The van der Waals surface area contributed by atoms with Crippen molar-refractivity contribution in [1.29, 1.82) is 0 Å². The summed E-state index contributed by atoms with van der Waals surface area (Å²) in [6.45, 7) is 0. The summed E-state index contributed by atoms with van der Waals surface area (Å²) in [6.07, 6.45) is -2.91. The maximum Gasteiger partial charge on any atom is 0.416 e. The minimum atomic E-state index is -4.49. The molecule has 0 aliphatic rings. The van der Waals surface area contributed by atoms with E-state index in [4.69, 9.17) is 5.73 Å². The third-order valence-corrected chi connectivity index (χ3v) is 3.89.